The van der Waals surface area contributed by atoms with Gasteiger partial charge in [-0.3, -0.25) is 6.08 Å². The summed E-state index contributed by atoms with van der Waals surface area (Å²) >= 11 is 1.30. The van der Waals surface area contributed by atoms with Gasteiger partial charge in [-0.1, -0.05) is 75.6 Å². The standard InChI is InChI=1S/C16H13.C9H13.CH2.2ClH.Zr/c1-12-10-14-8-5-9-15(16(14)11-12)13-6-3-2-4-7-13;1-6-5-7(2)9(4)8(6)3;;;;/h2-11H,1H3;6H,1-4H3;1H2;2*1H;/q2*-1;;;;+2. The number of fused-ring (bicyclic) bond motifs is 1. The summed E-state index contributed by atoms with van der Waals surface area (Å²) in [6.07, 6.45) is 3.36. The first-order valence-electron chi connectivity index (χ1n) is 9.32. The van der Waals surface area contributed by atoms with Gasteiger partial charge in [-0.05, 0) is 5.56 Å². The summed E-state index contributed by atoms with van der Waals surface area (Å²) in [5.41, 5.74) is 8.19. The van der Waals surface area contributed by atoms with Crippen LogP contribution in [0.1, 0.15) is 33.3 Å². The zero-order chi connectivity index (χ0) is 20.0. The molecule has 29 heavy (non-hydrogen) atoms. The van der Waals surface area contributed by atoms with E-state index < -0.39 is 0 Å². The number of hydrogen-bond acceptors (Lipinski definition) is 0. The van der Waals surface area contributed by atoms with E-state index in [2.05, 4.69) is 106 Å². The van der Waals surface area contributed by atoms with Crippen molar-refractivity contribution in [3.05, 3.63) is 89.0 Å². The molecule has 3 heteroatoms. The van der Waals surface area contributed by atoms with E-state index in [1.54, 1.807) is 0 Å². The molecule has 0 fully saturated rings. The van der Waals surface area contributed by atoms with Crippen molar-refractivity contribution in [2.75, 3.05) is 0 Å². The van der Waals surface area contributed by atoms with E-state index in [4.69, 9.17) is 0 Å². The number of benzene rings is 2. The molecule has 4 rings (SSSR count). The molecule has 0 radical (unpaired) electrons. The fraction of sp³-hybridized carbons (Fsp3) is 0.231. The third-order valence-electron chi connectivity index (χ3n) is 5.22. The number of rotatable bonds is 1. The second kappa shape index (κ2) is 13.2. The van der Waals surface area contributed by atoms with Crippen LogP contribution in [0.2, 0.25) is 0 Å². The van der Waals surface area contributed by atoms with Crippen molar-refractivity contribution in [1.82, 2.24) is 0 Å². The summed E-state index contributed by atoms with van der Waals surface area (Å²) in [7, 11) is 0. The first-order chi connectivity index (χ1) is 13.0. The molecule has 0 amide bonds. The molecule has 1 unspecified atom stereocenters. The quantitative estimate of drug-likeness (QED) is 0.294. The predicted molar refractivity (Wildman–Crippen MR) is 131 cm³/mol. The number of hydrogen-bond donors (Lipinski definition) is 0. The molecular weight excluding hydrogens is 474 g/mol. The summed E-state index contributed by atoms with van der Waals surface area (Å²) in [6, 6.07) is 21.6. The van der Waals surface area contributed by atoms with Gasteiger partial charge in [0.1, 0.15) is 0 Å². The van der Waals surface area contributed by atoms with Crippen LogP contribution in [0.3, 0.4) is 0 Å². The molecule has 0 saturated heterocycles. The molecule has 0 nitrogen and oxygen atoms in total. The third kappa shape index (κ3) is 6.96. The van der Waals surface area contributed by atoms with E-state index >= 15 is 0 Å². The van der Waals surface area contributed by atoms with E-state index in [1.165, 1.54) is 68.4 Å². The molecule has 0 N–H and O–H groups in total. The predicted octanol–water partition coefficient (Wildman–Crippen LogP) is 8.06. The normalized spacial score (nSPS) is 14.6. The van der Waals surface area contributed by atoms with Crippen molar-refractivity contribution in [1.29, 1.82) is 0 Å². The van der Waals surface area contributed by atoms with Crippen molar-refractivity contribution in [2.45, 2.75) is 34.6 Å². The van der Waals surface area contributed by atoms with Gasteiger partial charge >= 0.3 is 28.4 Å². The van der Waals surface area contributed by atoms with Gasteiger partial charge in [0.2, 0.25) is 0 Å². The zero-order valence-corrected chi connectivity index (χ0v) is 22.0. The van der Waals surface area contributed by atoms with E-state index in [0.717, 1.165) is 0 Å². The average Bonchev–Trinajstić information content (AvgIpc) is 3.18. The van der Waals surface area contributed by atoms with Crippen LogP contribution in [-0.4, -0.2) is 4.21 Å². The van der Waals surface area contributed by atoms with Gasteiger partial charge in [0.05, 0.1) is 0 Å². The van der Waals surface area contributed by atoms with Crippen LogP contribution in [0.15, 0.2) is 77.4 Å². The molecule has 1 aliphatic carbocycles. The van der Waals surface area contributed by atoms with Crippen LogP contribution in [-0.2, 0) is 24.2 Å². The molecule has 0 aromatic heterocycles. The average molecular weight is 505 g/mol. The van der Waals surface area contributed by atoms with Gasteiger partial charge in [-0.15, -0.1) is 66.3 Å². The first-order valence-corrected chi connectivity index (χ1v) is 11.1. The van der Waals surface area contributed by atoms with Crippen molar-refractivity contribution in [3.8, 4) is 11.1 Å². The van der Waals surface area contributed by atoms with Crippen LogP contribution in [0.4, 0.5) is 0 Å². The molecule has 0 spiro atoms. The van der Waals surface area contributed by atoms with Crippen molar-refractivity contribution < 1.29 is 24.2 Å². The van der Waals surface area contributed by atoms with Gasteiger partial charge < -0.3 is 0 Å². The van der Waals surface area contributed by atoms with E-state index in [9.17, 15) is 0 Å². The molecule has 3 aromatic carbocycles. The molecule has 152 valence electrons. The Morgan fingerprint density at radius 3 is 2.00 bits per heavy atom. The Morgan fingerprint density at radius 1 is 0.897 bits per heavy atom. The van der Waals surface area contributed by atoms with Crippen LogP contribution in [0.25, 0.3) is 21.9 Å². The van der Waals surface area contributed by atoms with Gasteiger partial charge in [0.25, 0.3) is 0 Å². The van der Waals surface area contributed by atoms with Gasteiger partial charge in [0.15, 0.2) is 0 Å². The monoisotopic (exact) mass is 502 g/mol. The molecule has 0 heterocycles. The summed E-state index contributed by atoms with van der Waals surface area (Å²) in [4.78, 5) is 0. The fourth-order valence-electron chi connectivity index (χ4n) is 3.42. The molecule has 1 atom stereocenters. The Bertz CT molecular complexity index is 965. The van der Waals surface area contributed by atoms with Crippen LogP contribution in [0.5, 0.6) is 0 Å². The van der Waals surface area contributed by atoms with E-state index in [1.807, 2.05) is 0 Å². The van der Waals surface area contributed by atoms with Gasteiger partial charge in [-0.25, -0.2) is 5.57 Å². The Labute approximate surface area is 203 Å². The summed E-state index contributed by atoms with van der Waals surface area (Å²) in [6.45, 7) is 10.8. The molecule has 3 aromatic rings. The number of halogens is 2. The molecule has 0 aliphatic heterocycles. The topological polar surface area (TPSA) is 0 Å². The molecule has 0 saturated carbocycles. The Hall–Kier alpha value is -1.14. The molecular formula is C26H30Cl2Zr. The zero-order valence-electron chi connectivity index (χ0n) is 17.9. The Balaban J connectivity index is 0.000000524. The van der Waals surface area contributed by atoms with Crippen LogP contribution < -0.4 is 0 Å². The van der Waals surface area contributed by atoms with Crippen molar-refractivity contribution in [3.63, 3.8) is 0 Å². The van der Waals surface area contributed by atoms with Crippen molar-refractivity contribution >= 4 is 39.8 Å². The minimum absolute atomic E-state index is 0. The van der Waals surface area contributed by atoms with E-state index in [0.29, 0.717) is 5.92 Å². The summed E-state index contributed by atoms with van der Waals surface area (Å²) < 4.78 is 3.34. The van der Waals surface area contributed by atoms with Gasteiger partial charge in [-0.2, -0.15) is 17.2 Å². The maximum absolute atomic E-state index is 3.36. The second-order valence-corrected chi connectivity index (χ2v) is 7.01. The SMILES string of the molecule is CC1=[C-]C(C)C(C)=C1C.Cc1cc2c(-c3ccccc3)cccc2[cH-]1.Cl.Cl.[CH2]=[Zr+2]. The minimum atomic E-state index is 0. The number of aryl methyl sites for hydroxylation is 1. The number of allylic oxidation sites excluding steroid dienone is 4. The van der Waals surface area contributed by atoms with Crippen LogP contribution in [0, 0.1) is 18.9 Å². The second-order valence-electron chi connectivity index (χ2n) is 7.01. The van der Waals surface area contributed by atoms with Crippen molar-refractivity contribution in [2.24, 2.45) is 5.92 Å². The van der Waals surface area contributed by atoms with Crippen LogP contribution >= 0.6 is 24.8 Å². The third-order valence-corrected chi connectivity index (χ3v) is 5.22. The Morgan fingerprint density at radius 2 is 1.52 bits per heavy atom. The maximum atomic E-state index is 3.36. The molecule has 0 bridgehead atoms. The van der Waals surface area contributed by atoms with E-state index in [-0.39, 0.29) is 24.8 Å². The first kappa shape index (κ1) is 27.9. The molecule has 1 aliphatic rings. The fourth-order valence-corrected chi connectivity index (χ4v) is 3.42. The van der Waals surface area contributed by atoms with Gasteiger partial charge in [0, 0.05) is 0 Å². The summed E-state index contributed by atoms with van der Waals surface area (Å²) in [5.74, 6) is 0.560. The Kier molecular flexibility index (Phi) is 12.7. The summed E-state index contributed by atoms with van der Waals surface area (Å²) in [5, 5.41) is 2.69.